The number of nitrogens with zero attached hydrogens (tertiary/aromatic N) is 1. The number of hydrogen-bond donors (Lipinski definition) is 1. The van der Waals surface area contributed by atoms with E-state index in [1.807, 2.05) is 13.1 Å². The van der Waals surface area contributed by atoms with Crippen molar-refractivity contribution in [2.24, 2.45) is 5.73 Å². The van der Waals surface area contributed by atoms with Crippen LogP contribution < -0.4 is 10.5 Å². The molecule has 0 saturated carbocycles. The highest BCUT2D eigenvalue weighted by atomic mass is 19.1. The fourth-order valence-corrected chi connectivity index (χ4v) is 1.56. The van der Waals surface area contributed by atoms with Crippen molar-refractivity contribution in [1.29, 1.82) is 0 Å². The van der Waals surface area contributed by atoms with Gasteiger partial charge in [-0.05, 0) is 44.3 Å². The fraction of sp³-hybridized carbons (Fsp3) is 0.500. The van der Waals surface area contributed by atoms with Crippen LogP contribution in [0.2, 0.25) is 0 Å². The second-order valence-electron chi connectivity index (χ2n) is 3.85. The van der Waals surface area contributed by atoms with Gasteiger partial charge in [-0.25, -0.2) is 4.39 Å². The number of rotatable bonds is 6. The maximum Gasteiger partial charge on any atom is 0.165 e. The van der Waals surface area contributed by atoms with E-state index in [0.717, 1.165) is 25.1 Å². The third-order valence-corrected chi connectivity index (χ3v) is 2.41. The van der Waals surface area contributed by atoms with E-state index >= 15 is 0 Å². The topological polar surface area (TPSA) is 38.5 Å². The lowest BCUT2D eigenvalue weighted by Gasteiger charge is -2.16. The van der Waals surface area contributed by atoms with Crippen molar-refractivity contribution in [3.63, 3.8) is 0 Å². The summed E-state index contributed by atoms with van der Waals surface area (Å²) in [5, 5.41) is 0. The summed E-state index contributed by atoms with van der Waals surface area (Å²) in [7, 11) is 3.46. The molecule has 0 bridgehead atoms. The van der Waals surface area contributed by atoms with Gasteiger partial charge in [-0.2, -0.15) is 0 Å². The summed E-state index contributed by atoms with van der Waals surface area (Å²) < 4.78 is 18.3. The summed E-state index contributed by atoms with van der Waals surface area (Å²) in [4.78, 5) is 2.12. The predicted octanol–water partition coefficient (Wildman–Crippen LogP) is 1.61. The van der Waals surface area contributed by atoms with Crippen LogP contribution in [0.4, 0.5) is 4.39 Å². The minimum atomic E-state index is -0.313. The van der Waals surface area contributed by atoms with Crippen LogP contribution >= 0.6 is 0 Å². The molecule has 3 nitrogen and oxygen atoms in total. The van der Waals surface area contributed by atoms with E-state index in [2.05, 4.69) is 4.90 Å². The predicted molar refractivity (Wildman–Crippen MR) is 63.0 cm³/mol. The number of hydrogen-bond acceptors (Lipinski definition) is 3. The fourth-order valence-electron chi connectivity index (χ4n) is 1.56. The van der Waals surface area contributed by atoms with Gasteiger partial charge in [0.05, 0.1) is 7.11 Å². The molecule has 0 aliphatic heterocycles. The first-order valence-electron chi connectivity index (χ1n) is 5.38. The molecular formula is C12H19FN2O. The molecule has 1 aromatic rings. The third-order valence-electron chi connectivity index (χ3n) is 2.41. The molecule has 0 unspecified atom stereocenters. The molecule has 0 spiro atoms. The zero-order valence-electron chi connectivity index (χ0n) is 9.87. The Morgan fingerprint density at radius 2 is 2.19 bits per heavy atom. The molecular weight excluding hydrogens is 207 g/mol. The molecule has 0 saturated heterocycles. The van der Waals surface area contributed by atoms with Gasteiger partial charge in [0.25, 0.3) is 0 Å². The van der Waals surface area contributed by atoms with Crippen LogP contribution in [0, 0.1) is 5.82 Å². The second-order valence-corrected chi connectivity index (χ2v) is 3.85. The van der Waals surface area contributed by atoms with Crippen molar-refractivity contribution < 1.29 is 9.13 Å². The van der Waals surface area contributed by atoms with Crippen molar-refractivity contribution in [3.05, 3.63) is 29.6 Å². The molecule has 1 aromatic carbocycles. The van der Waals surface area contributed by atoms with E-state index in [9.17, 15) is 4.39 Å². The quantitative estimate of drug-likeness (QED) is 0.801. The Morgan fingerprint density at radius 1 is 1.44 bits per heavy atom. The Morgan fingerprint density at radius 3 is 2.75 bits per heavy atom. The van der Waals surface area contributed by atoms with E-state index in [1.54, 1.807) is 6.07 Å². The first-order valence-corrected chi connectivity index (χ1v) is 5.38. The molecule has 0 amide bonds. The van der Waals surface area contributed by atoms with Crippen LogP contribution in [0.5, 0.6) is 5.75 Å². The molecule has 0 heterocycles. The second kappa shape index (κ2) is 6.45. The molecule has 0 aliphatic rings. The standard InChI is InChI=1S/C12H19FN2O/c1-15(7-3-6-14)9-10-4-5-12(16-2)11(13)8-10/h4-5,8H,3,6-7,9,14H2,1-2H3. The van der Waals surface area contributed by atoms with Crippen molar-refractivity contribution in [1.82, 2.24) is 4.90 Å². The summed E-state index contributed by atoms with van der Waals surface area (Å²) in [6.45, 7) is 2.33. The highest BCUT2D eigenvalue weighted by Crippen LogP contribution is 2.18. The van der Waals surface area contributed by atoms with Crippen LogP contribution in [-0.4, -0.2) is 32.1 Å². The molecule has 0 aliphatic carbocycles. The van der Waals surface area contributed by atoms with Crippen molar-refractivity contribution in [3.8, 4) is 5.75 Å². The molecule has 0 radical (unpaired) electrons. The Bertz CT molecular complexity index is 331. The first-order chi connectivity index (χ1) is 7.67. The Balaban J connectivity index is 2.57. The normalized spacial score (nSPS) is 10.8. The number of methoxy groups -OCH3 is 1. The van der Waals surface area contributed by atoms with E-state index in [-0.39, 0.29) is 11.6 Å². The molecule has 0 atom stereocenters. The van der Waals surface area contributed by atoms with E-state index < -0.39 is 0 Å². The Kier molecular flexibility index (Phi) is 5.22. The largest absolute Gasteiger partial charge is 0.494 e. The van der Waals surface area contributed by atoms with Crippen LogP contribution in [0.1, 0.15) is 12.0 Å². The van der Waals surface area contributed by atoms with Gasteiger partial charge in [-0.15, -0.1) is 0 Å². The van der Waals surface area contributed by atoms with Gasteiger partial charge < -0.3 is 15.4 Å². The van der Waals surface area contributed by atoms with E-state index in [1.165, 1.54) is 13.2 Å². The Hall–Kier alpha value is -1.13. The summed E-state index contributed by atoms with van der Waals surface area (Å²) in [5.74, 6) is -0.0272. The molecule has 0 fully saturated rings. The van der Waals surface area contributed by atoms with Crippen LogP contribution in [0.3, 0.4) is 0 Å². The maximum atomic E-state index is 13.4. The lowest BCUT2D eigenvalue weighted by atomic mass is 10.2. The first kappa shape index (κ1) is 12.9. The van der Waals surface area contributed by atoms with E-state index in [0.29, 0.717) is 6.54 Å². The van der Waals surface area contributed by atoms with Crippen molar-refractivity contribution in [2.45, 2.75) is 13.0 Å². The highest BCUT2D eigenvalue weighted by Gasteiger charge is 2.05. The lowest BCUT2D eigenvalue weighted by Crippen LogP contribution is -2.21. The molecule has 90 valence electrons. The van der Waals surface area contributed by atoms with Gasteiger partial charge in [-0.3, -0.25) is 0 Å². The Labute approximate surface area is 96.0 Å². The smallest absolute Gasteiger partial charge is 0.165 e. The van der Waals surface area contributed by atoms with Crippen LogP contribution in [0.15, 0.2) is 18.2 Å². The summed E-state index contributed by atoms with van der Waals surface area (Å²) in [6.07, 6.45) is 0.954. The van der Waals surface area contributed by atoms with Gasteiger partial charge in [0.2, 0.25) is 0 Å². The number of ether oxygens (including phenoxy) is 1. The monoisotopic (exact) mass is 226 g/mol. The average molecular weight is 226 g/mol. The summed E-state index contributed by atoms with van der Waals surface area (Å²) in [5.41, 5.74) is 6.37. The number of halogens is 1. The molecule has 4 heteroatoms. The zero-order valence-corrected chi connectivity index (χ0v) is 9.87. The van der Waals surface area contributed by atoms with Crippen LogP contribution in [-0.2, 0) is 6.54 Å². The number of benzene rings is 1. The van der Waals surface area contributed by atoms with Crippen molar-refractivity contribution in [2.75, 3.05) is 27.2 Å². The van der Waals surface area contributed by atoms with Gasteiger partial charge in [0.15, 0.2) is 11.6 Å². The molecule has 2 N–H and O–H groups in total. The number of nitrogens with two attached hydrogens (primary N) is 1. The van der Waals surface area contributed by atoms with Gasteiger partial charge in [-0.1, -0.05) is 6.07 Å². The maximum absolute atomic E-state index is 13.4. The third kappa shape index (κ3) is 3.79. The average Bonchev–Trinajstić information content (AvgIpc) is 2.26. The summed E-state index contributed by atoms with van der Waals surface area (Å²) >= 11 is 0. The molecule has 1 rings (SSSR count). The molecule has 16 heavy (non-hydrogen) atoms. The van der Waals surface area contributed by atoms with Crippen LogP contribution in [0.25, 0.3) is 0 Å². The minimum Gasteiger partial charge on any atom is -0.494 e. The minimum absolute atomic E-state index is 0.286. The zero-order chi connectivity index (χ0) is 12.0. The highest BCUT2D eigenvalue weighted by molar-refractivity contribution is 5.29. The lowest BCUT2D eigenvalue weighted by molar-refractivity contribution is 0.322. The summed E-state index contributed by atoms with van der Waals surface area (Å²) in [6, 6.07) is 5.04. The van der Waals surface area contributed by atoms with E-state index in [4.69, 9.17) is 10.5 Å². The van der Waals surface area contributed by atoms with Gasteiger partial charge in [0.1, 0.15) is 0 Å². The molecule has 0 aromatic heterocycles. The van der Waals surface area contributed by atoms with Gasteiger partial charge >= 0.3 is 0 Å². The van der Waals surface area contributed by atoms with Crippen molar-refractivity contribution >= 4 is 0 Å². The SMILES string of the molecule is COc1ccc(CN(C)CCCN)cc1F. The van der Waals surface area contributed by atoms with Gasteiger partial charge in [0, 0.05) is 6.54 Å².